The van der Waals surface area contributed by atoms with Gasteiger partial charge in [-0.3, -0.25) is 0 Å². The van der Waals surface area contributed by atoms with Crippen LogP contribution in [0.15, 0.2) is 33.9 Å². The first-order chi connectivity index (χ1) is 16.7. The molecule has 0 radical (unpaired) electrons. The highest BCUT2D eigenvalue weighted by Gasteiger charge is 2.46. The van der Waals surface area contributed by atoms with Crippen LogP contribution in [0.25, 0.3) is 0 Å². The van der Waals surface area contributed by atoms with Crippen molar-refractivity contribution in [1.82, 2.24) is 9.21 Å². The van der Waals surface area contributed by atoms with Crippen molar-refractivity contribution >= 4 is 39.0 Å². The second kappa shape index (κ2) is 10.0. The van der Waals surface area contributed by atoms with Gasteiger partial charge < -0.3 is 24.4 Å². The fourth-order valence-corrected chi connectivity index (χ4v) is 7.82. The molecule has 3 heterocycles. The molecule has 4 rings (SSSR count). The highest BCUT2D eigenvalue weighted by atomic mass is 32.2. The number of anilines is 1. The number of carbonyl (C=O) groups is 2. The zero-order valence-corrected chi connectivity index (χ0v) is 21.5. The molecule has 1 aromatic heterocycles. The third-order valence-electron chi connectivity index (χ3n) is 6.76. The molecule has 2 aliphatic heterocycles. The van der Waals surface area contributed by atoms with Crippen LogP contribution in [0.5, 0.6) is 11.5 Å². The number of para-hydroxylation sites is 2. The number of hydrogen-bond acceptors (Lipinski definition) is 8. The summed E-state index contributed by atoms with van der Waals surface area (Å²) in [6.07, 6.45) is 2.12. The van der Waals surface area contributed by atoms with Crippen molar-refractivity contribution < 1.29 is 32.2 Å². The third-order valence-corrected chi connectivity index (χ3v) is 10.1. The molecule has 2 amide bonds. The molecule has 35 heavy (non-hydrogen) atoms. The van der Waals surface area contributed by atoms with E-state index in [1.54, 1.807) is 24.1 Å². The summed E-state index contributed by atoms with van der Waals surface area (Å²) >= 11 is 0.955. The van der Waals surface area contributed by atoms with E-state index in [4.69, 9.17) is 14.2 Å². The molecule has 0 unspecified atom stereocenters. The summed E-state index contributed by atoms with van der Waals surface area (Å²) < 4.78 is 43.6. The van der Waals surface area contributed by atoms with Crippen molar-refractivity contribution in [3.05, 3.63) is 35.2 Å². The van der Waals surface area contributed by atoms with E-state index in [9.17, 15) is 18.0 Å². The van der Waals surface area contributed by atoms with Crippen molar-refractivity contribution in [2.24, 2.45) is 5.41 Å². The fourth-order valence-electron chi connectivity index (χ4n) is 4.70. The molecule has 0 saturated carbocycles. The normalized spacial score (nSPS) is 17.9. The lowest BCUT2D eigenvalue weighted by atomic mass is 9.78. The maximum absolute atomic E-state index is 13.4. The molecule has 190 valence electrons. The minimum absolute atomic E-state index is 0.00562. The first-order valence-corrected chi connectivity index (χ1v) is 13.5. The van der Waals surface area contributed by atoms with Gasteiger partial charge in [0.1, 0.15) is 11.3 Å². The van der Waals surface area contributed by atoms with Crippen LogP contribution < -0.4 is 14.8 Å². The lowest BCUT2D eigenvalue weighted by Crippen LogP contribution is -2.46. The lowest BCUT2D eigenvalue weighted by molar-refractivity contribution is 0.0597. The molecular formula is C23H29N3O7S2. The summed E-state index contributed by atoms with van der Waals surface area (Å²) in [6.45, 7) is 1.81. The standard InChI is InChI=1S/C23H29N3O7S2/c1-31-18-7-5-4-6-17(18)24-22(28)25-11-8-23(9-12-25)10-13-26(15-23)35(29,30)21-19(32-2)16(14-34-21)20(27)33-3/h4-7,14H,8-13,15H2,1-3H3,(H,24,28). The Morgan fingerprint density at radius 1 is 1.03 bits per heavy atom. The summed E-state index contributed by atoms with van der Waals surface area (Å²) in [5, 5.41) is 4.35. The van der Waals surface area contributed by atoms with Crippen molar-refractivity contribution in [1.29, 1.82) is 0 Å². The molecule has 0 aliphatic carbocycles. The number of hydrogen-bond donors (Lipinski definition) is 1. The molecular weight excluding hydrogens is 494 g/mol. The Morgan fingerprint density at radius 2 is 1.71 bits per heavy atom. The van der Waals surface area contributed by atoms with E-state index in [0.29, 0.717) is 56.9 Å². The van der Waals surface area contributed by atoms with Gasteiger partial charge in [-0.15, -0.1) is 11.3 Å². The van der Waals surface area contributed by atoms with E-state index in [-0.39, 0.29) is 27.0 Å². The van der Waals surface area contributed by atoms with E-state index in [1.807, 2.05) is 12.1 Å². The third kappa shape index (κ3) is 4.82. The Balaban J connectivity index is 1.41. The highest BCUT2D eigenvalue weighted by molar-refractivity contribution is 7.91. The van der Waals surface area contributed by atoms with Crippen LogP contribution >= 0.6 is 11.3 Å². The number of nitrogens with one attached hydrogen (secondary N) is 1. The zero-order valence-electron chi connectivity index (χ0n) is 19.9. The largest absolute Gasteiger partial charge is 0.495 e. The smallest absolute Gasteiger partial charge is 0.342 e. The number of thiophene rings is 1. The number of benzene rings is 1. The van der Waals surface area contributed by atoms with Gasteiger partial charge in [-0.25, -0.2) is 18.0 Å². The Labute approximate surface area is 208 Å². The SMILES string of the molecule is COC(=O)c1csc(S(=O)(=O)N2CCC3(CCN(C(=O)Nc4ccccc4OC)CC3)C2)c1OC. The fraction of sp³-hybridized carbons (Fsp3) is 0.478. The Hall–Kier alpha value is -2.83. The van der Waals surface area contributed by atoms with Gasteiger partial charge in [0.25, 0.3) is 10.0 Å². The topological polar surface area (TPSA) is 114 Å². The van der Waals surface area contributed by atoms with Crippen molar-refractivity contribution in [3.63, 3.8) is 0 Å². The minimum Gasteiger partial charge on any atom is -0.495 e. The molecule has 10 nitrogen and oxygen atoms in total. The zero-order chi connectivity index (χ0) is 25.2. The number of urea groups is 1. The van der Waals surface area contributed by atoms with Crippen molar-refractivity contribution in [2.75, 3.05) is 52.8 Å². The van der Waals surface area contributed by atoms with Crippen LogP contribution in [-0.2, 0) is 14.8 Å². The number of piperidine rings is 1. The van der Waals surface area contributed by atoms with Gasteiger partial charge in [-0.2, -0.15) is 4.31 Å². The van der Waals surface area contributed by atoms with Crippen LogP contribution in [-0.4, -0.2) is 77.1 Å². The Kier molecular flexibility index (Phi) is 7.25. The number of ether oxygens (including phenoxy) is 3. The van der Waals surface area contributed by atoms with E-state index in [0.717, 1.165) is 11.3 Å². The average molecular weight is 524 g/mol. The van der Waals surface area contributed by atoms with E-state index < -0.39 is 16.0 Å². The molecule has 12 heteroatoms. The Bertz CT molecular complexity index is 1200. The van der Waals surface area contributed by atoms with Crippen LogP contribution in [0.1, 0.15) is 29.6 Å². The van der Waals surface area contributed by atoms with Crippen LogP contribution in [0, 0.1) is 5.41 Å². The molecule has 2 saturated heterocycles. The van der Waals surface area contributed by atoms with Gasteiger partial charge in [-0.1, -0.05) is 12.1 Å². The predicted molar refractivity (Wildman–Crippen MR) is 131 cm³/mol. The first-order valence-electron chi connectivity index (χ1n) is 11.2. The molecule has 1 N–H and O–H groups in total. The van der Waals surface area contributed by atoms with Crippen LogP contribution in [0.2, 0.25) is 0 Å². The summed E-state index contributed by atoms with van der Waals surface area (Å²) in [5.41, 5.74) is 0.515. The maximum Gasteiger partial charge on any atom is 0.342 e. The van der Waals surface area contributed by atoms with Gasteiger partial charge >= 0.3 is 12.0 Å². The first kappa shape index (κ1) is 25.3. The number of sulfonamides is 1. The second-order valence-corrected chi connectivity index (χ2v) is 11.7. The van der Waals surface area contributed by atoms with E-state index in [1.165, 1.54) is 23.9 Å². The number of rotatable bonds is 6. The number of likely N-dealkylation sites (tertiary alicyclic amines) is 1. The molecule has 1 aromatic carbocycles. The minimum atomic E-state index is -3.84. The second-order valence-electron chi connectivity index (χ2n) is 8.67. The predicted octanol–water partition coefficient (Wildman–Crippen LogP) is 3.26. The van der Waals surface area contributed by atoms with Crippen molar-refractivity contribution in [2.45, 2.75) is 23.5 Å². The number of nitrogens with zero attached hydrogens (tertiary/aromatic N) is 2. The number of amides is 2. The number of carbonyl (C=O) groups excluding carboxylic acids is 2. The molecule has 2 aliphatic rings. The Morgan fingerprint density at radius 3 is 2.37 bits per heavy atom. The molecule has 0 atom stereocenters. The van der Waals surface area contributed by atoms with Gasteiger partial charge in [-0.05, 0) is 36.8 Å². The number of esters is 1. The van der Waals surface area contributed by atoms with Gasteiger partial charge in [0.05, 0.1) is 27.0 Å². The highest BCUT2D eigenvalue weighted by Crippen LogP contribution is 2.45. The summed E-state index contributed by atoms with van der Waals surface area (Å²) in [5.74, 6) is -0.0350. The van der Waals surface area contributed by atoms with Crippen LogP contribution in [0.4, 0.5) is 10.5 Å². The summed E-state index contributed by atoms with van der Waals surface area (Å²) in [4.78, 5) is 26.5. The molecule has 0 bridgehead atoms. The quantitative estimate of drug-likeness (QED) is 0.578. The van der Waals surface area contributed by atoms with Gasteiger partial charge in [0.15, 0.2) is 9.96 Å². The summed E-state index contributed by atoms with van der Waals surface area (Å²) in [6, 6.07) is 7.03. The monoisotopic (exact) mass is 523 g/mol. The van der Waals surface area contributed by atoms with Crippen LogP contribution in [0.3, 0.4) is 0 Å². The van der Waals surface area contributed by atoms with Crippen molar-refractivity contribution in [3.8, 4) is 11.5 Å². The molecule has 2 fully saturated rings. The molecule has 1 spiro atoms. The van der Waals surface area contributed by atoms with Gasteiger partial charge in [0, 0.05) is 31.6 Å². The summed E-state index contributed by atoms with van der Waals surface area (Å²) in [7, 11) is 0.284. The van der Waals surface area contributed by atoms with E-state index >= 15 is 0 Å². The average Bonchev–Trinajstić information content (AvgIpc) is 3.50. The number of methoxy groups -OCH3 is 3. The molecule has 2 aromatic rings. The maximum atomic E-state index is 13.4. The lowest BCUT2D eigenvalue weighted by Gasteiger charge is -2.39. The van der Waals surface area contributed by atoms with E-state index in [2.05, 4.69) is 5.32 Å². The van der Waals surface area contributed by atoms with Gasteiger partial charge in [0.2, 0.25) is 0 Å².